The van der Waals surface area contributed by atoms with Gasteiger partial charge >= 0.3 is 5.97 Å². The Labute approximate surface area is 117 Å². The minimum absolute atomic E-state index is 0.132. The van der Waals surface area contributed by atoms with Gasteiger partial charge in [0, 0.05) is 12.3 Å². The van der Waals surface area contributed by atoms with Gasteiger partial charge in [-0.05, 0) is 12.1 Å². The molecule has 0 atom stereocenters. The summed E-state index contributed by atoms with van der Waals surface area (Å²) in [5.41, 5.74) is 0.469. The van der Waals surface area contributed by atoms with E-state index in [-0.39, 0.29) is 16.4 Å². The number of aromatic nitrogens is 1. The Kier molecular flexibility index (Phi) is 2.87. The maximum Gasteiger partial charge on any atom is 0.356 e. The highest BCUT2D eigenvalue weighted by molar-refractivity contribution is 7.17. The molecule has 3 aromatic rings. The minimum atomic E-state index is -1.21. The van der Waals surface area contributed by atoms with Crippen molar-refractivity contribution in [2.45, 2.75) is 6.92 Å². The lowest BCUT2D eigenvalue weighted by Gasteiger charge is -1.89. The number of carboxylic acid groups (broad SMARTS) is 1. The highest BCUT2D eigenvalue weighted by Crippen LogP contribution is 2.32. The summed E-state index contributed by atoms with van der Waals surface area (Å²) in [6.07, 6.45) is 0. The molecule has 1 N–H and O–H groups in total. The fourth-order valence-electron chi connectivity index (χ4n) is 1.90. The number of carbonyl (C=O) groups is 2. The van der Waals surface area contributed by atoms with Crippen molar-refractivity contribution in [1.82, 2.24) is 4.98 Å². The Morgan fingerprint density at radius 1 is 1.30 bits per heavy atom. The zero-order valence-corrected chi connectivity index (χ0v) is 11.2. The molecule has 3 rings (SSSR count). The van der Waals surface area contributed by atoms with Gasteiger partial charge in [-0.25, -0.2) is 9.78 Å². The van der Waals surface area contributed by atoms with Crippen molar-refractivity contribution in [2.75, 3.05) is 0 Å². The number of hydrogen-bond donors (Lipinski definition) is 1. The van der Waals surface area contributed by atoms with Crippen LogP contribution in [0.25, 0.3) is 21.7 Å². The van der Waals surface area contributed by atoms with Gasteiger partial charge in [-0.15, -0.1) is 11.3 Å². The summed E-state index contributed by atoms with van der Waals surface area (Å²) >= 11 is 1.03. The van der Waals surface area contributed by atoms with Gasteiger partial charge in [0.05, 0.1) is 0 Å². The lowest BCUT2D eigenvalue weighted by atomic mass is 10.2. The third-order valence-electron chi connectivity index (χ3n) is 2.79. The number of aromatic carboxylic acids is 1. The number of carbonyl (C=O) groups excluding carboxylic acids is 1. The maximum absolute atomic E-state index is 11.5. The van der Waals surface area contributed by atoms with Crippen LogP contribution in [0, 0.1) is 0 Å². The summed E-state index contributed by atoms with van der Waals surface area (Å²) in [4.78, 5) is 26.7. The molecule has 0 saturated heterocycles. The van der Waals surface area contributed by atoms with Crippen LogP contribution in [0.5, 0.6) is 0 Å². The van der Waals surface area contributed by atoms with Gasteiger partial charge in [0.25, 0.3) is 0 Å². The van der Waals surface area contributed by atoms with Crippen LogP contribution in [0.15, 0.2) is 34.7 Å². The number of Topliss-reactive ketones (excluding diaryl/α,β-unsaturated/α-hetero) is 1. The van der Waals surface area contributed by atoms with Gasteiger partial charge in [0.15, 0.2) is 22.2 Å². The smallest absolute Gasteiger partial charge is 0.356 e. The molecule has 100 valence electrons. The molecule has 1 aromatic carbocycles. The topological polar surface area (TPSA) is 80.4 Å². The number of fused-ring (bicyclic) bond motifs is 1. The molecule has 0 fully saturated rings. The van der Waals surface area contributed by atoms with E-state index in [2.05, 4.69) is 4.98 Å². The van der Waals surface area contributed by atoms with Crippen molar-refractivity contribution in [3.05, 3.63) is 40.9 Å². The monoisotopic (exact) mass is 287 g/mol. The van der Waals surface area contributed by atoms with E-state index in [4.69, 9.17) is 9.52 Å². The first-order chi connectivity index (χ1) is 9.56. The SMILES string of the molecule is CC(=O)c1sc(-c2cc3ccccc3o2)nc1C(=O)O. The molecule has 2 aromatic heterocycles. The van der Waals surface area contributed by atoms with Crippen molar-refractivity contribution in [1.29, 1.82) is 0 Å². The second-order valence-corrected chi connectivity index (χ2v) is 5.21. The summed E-state index contributed by atoms with van der Waals surface area (Å²) in [6, 6.07) is 9.22. The first-order valence-electron chi connectivity index (χ1n) is 5.80. The molecule has 0 bridgehead atoms. The molecular weight excluding hydrogens is 278 g/mol. The van der Waals surface area contributed by atoms with Crippen LogP contribution < -0.4 is 0 Å². The normalized spacial score (nSPS) is 10.8. The molecule has 0 radical (unpaired) electrons. The van der Waals surface area contributed by atoms with Crippen LogP contribution >= 0.6 is 11.3 Å². The fraction of sp³-hybridized carbons (Fsp3) is 0.0714. The lowest BCUT2D eigenvalue weighted by molar-refractivity contribution is 0.0687. The van der Waals surface area contributed by atoms with Crippen LogP contribution in [-0.4, -0.2) is 21.8 Å². The van der Waals surface area contributed by atoms with E-state index < -0.39 is 5.97 Å². The second-order valence-electron chi connectivity index (χ2n) is 4.21. The van der Waals surface area contributed by atoms with Crippen LogP contribution in [0.2, 0.25) is 0 Å². The highest BCUT2D eigenvalue weighted by Gasteiger charge is 2.22. The van der Waals surface area contributed by atoms with Gasteiger partial charge in [-0.2, -0.15) is 0 Å². The number of carboxylic acids is 1. The Balaban J connectivity index is 2.16. The van der Waals surface area contributed by atoms with Crippen LogP contribution in [0.1, 0.15) is 27.1 Å². The molecule has 0 aliphatic heterocycles. The van der Waals surface area contributed by atoms with Gasteiger partial charge in [0.1, 0.15) is 10.5 Å². The number of thiazole rings is 1. The standard InChI is InChI=1S/C14H9NO4S/c1-7(16)12-11(14(17)18)15-13(20-12)10-6-8-4-2-3-5-9(8)19-10/h2-6H,1H3,(H,17,18). The molecule has 0 amide bonds. The van der Waals surface area contributed by atoms with Gasteiger partial charge in [-0.3, -0.25) is 4.79 Å². The zero-order valence-electron chi connectivity index (χ0n) is 10.4. The summed E-state index contributed by atoms with van der Waals surface area (Å²) < 4.78 is 5.63. The number of nitrogens with zero attached hydrogens (tertiary/aromatic N) is 1. The lowest BCUT2D eigenvalue weighted by Crippen LogP contribution is -2.03. The Hall–Kier alpha value is -2.47. The highest BCUT2D eigenvalue weighted by atomic mass is 32.1. The number of rotatable bonds is 3. The van der Waals surface area contributed by atoms with Crippen LogP contribution in [0.3, 0.4) is 0 Å². The van der Waals surface area contributed by atoms with E-state index in [1.807, 2.05) is 24.3 Å². The van der Waals surface area contributed by atoms with E-state index >= 15 is 0 Å². The van der Waals surface area contributed by atoms with E-state index in [9.17, 15) is 9.59 Å². The minimum Gasteiger partial charge on any atom is -0.476 e. The average molecular weight is 287 g/mol. The van der Waals surface area contributed by atoms with E-state index in [0.717, 1.165) is 16.7 Å². The van der Waals surface area contributed by atoms with E-state index in [1.54, 1.807) is 6.07 Å². The third kappa shape index (κ3) is 2.00. The molecule has 5 nitrogen and oxygen atoms in total. The predicted octanol–water partition coefficient (Wildman–Crippen LogP) is 3.46. The largest absolute Gasteiger partial charge is 0.476 e. The van der Waals surface area contributed by atoms with Crippen LogP contribution in [0.4, 0.5) is 0 Å². The second kappa shape index (κ2) is 4.57. The molecule has 0 saturated carbocycles. The first-order valence-corrected chi connectivity index (χ1v) is 6.62. The first kappa shape index (κ1) is 12.6. The molecule has 0 aliphatic carbocycles. The number of furan rings is 1. The van der Waals surface area contributed by atoms with Gasteiger partial charge < -0.3 is 9.52 Å². The Bertz CT molecular complexity index is 766. The zero-order chi connectivity index (χ0) is 14.3. The van der Waals surface area contributed by atoms with Crippen molar-refractivity contribution in [3.8, 4) is 10.8 Å². The summed E-state index contributed by atoms with van der Waals surface area (Å²) in [6.45, 7) is 1.32. The molecule has 6 heteroatoms. The Morgan fingerprint density at radius 2 is 2.05 bits per heavy atom. The van der Waals surface area contributed by atoms with Crippen molar-refractivity contribution in [2.24, 2.45) is 0 Å². The quantitative estimate of drug-likeness (QED) is 0.746. The van der Waals surface area contributed by atoms with Crippen molar-refractivity contribution < 1.29 is 19.1 Å². The molecule has 2 heterocycles. The third-order valence-corrected chi connectivity index (χ3v) is 3.96. The van der Waals surface area contributed by atoms with Crippen LogP contribution in [-0.2, 0) is 0 Å². The van der Waals surface area contributed by atoms with Gasteiger partial charge in [0.2, 0.25) is 0 Å². The molecule has 0 unspecified atom stereocenters. The van der Waals surface area contributed by atoms with E-state index in [1.165, 1.54) is 6.92 Å². The van der Waals surface area contributed by atoms with Gasteiger partial charge in [-0.1, -0.05) is 18.2 Å². The Morgan fingerprint density at radius 3 is 2.65 bits per heavy atom. The molecule has 0 spiro atoms. The number of para-hydroxylation sites is 1. The molecule has 20 heavy (non-hydrogen) atoms. The van der Waals surface area contributed by atoms with E-state index in [0.29, 0.717) is 16.4 Å². The van der Waals surface area contributed by atoms with Crippen molar-refractivity contribution >= 4 is 34.1 Å². The predicted molar refractivity (Wildman–Crippen MR) is 74.3 cm³/mol. The maximum atomic E-state index is 11.5. The summed E-state index contributed by atoms with van der Waals surface area (Å²) in [7, 11) is 0. The average Bonchev–Trinajstić information content (AvgIpc) is 3.02. The molecule has 0 aliphatic rings. The number of ketones is 1. The number of benzene rings is 1. The van der Waals surface area contributed by atoms with Crippen molar-refractivity contribution in [3.63, 3.8) is 0 Å². The summed E-state index contributed by atoms with van der Waals surface area (Å²) in [5.74, 6) is -1.07. The fourth-order valence-corrected chi connectivity index (χ4v) is 2.80. The summed E-state index contributed by atoms with van der Waals surface area (Å²) in [5, 5.41) is 10.4. The molecular formula is C14H9NO4S. The number of hydrogen-bond acceptors (Lipinski definition) is 5.